The van der Waals surface area contributed by atoms with Crippen LogP contribution >= 0.6 is 0 Å². The molecule has 0 atom stereocenters. The first-order valence-electron chi connectivity index (χ1n) is 5.37. The van der Waals surface area contributed by atoms with E-state index in [1.165, 1.54) is 6.26 Å². The van der Waals surface area contributed by atoms with Gasteiger partial charge in [0.1, 0.15) is 6.26 Å². The fourth-order valence-corrected chi connectivity index (χ4v) is 1.66. The molecular formula is C13H14N2O2. The maximum Gasteiger partial charge on any atom is 0.277 e. The Morgan fingerprint density at radius 2 is 1.88 bits per heavy atom. The van der Waals surface area contributed by atoms with Crippen LogP contribution in [-0.4, -0.2) is 10.9 Å². The van der Waals surface area contributed by atoms with Gasteiger partial charge in [-0.25, -0.2) is 4.98 Å². The SMILES string of the molecule is Cc1nc(C(=O)Nc2c(C)cccc2C)co1. The van der Waals surface area contributed by atoms with E-state index in [9.17, 15) is 4.79 Å². The average molecular weight is 230 g/mol. The van der Waals surface area contributed by atoms with Crippen LogP contribution in [-0.2, 0) is 0 Å². The van der Waals surface area contributed by atoms with Crippen LogP contribution < -0.4 is 5.32 Å². The minimum atomic E-state index is -0.251. The summed E-state index contributed by atoms with van der Waals surface area (Å²) >= 11 is 0. The molecule has 1 amide bonds. The van der Waals surface area contributed by atoms with Gasteiger partial charge < -0.3 is 9.73 Å². The van der Waals surface area contributed by atoms with Crippen molar-refractivity contribution in [2.75, 3.05) is 5.32 Å². The smallest absolute Gasteiger partial charge is 0.277 e. The van der Waals surface area contributed by atoms with Crippen molar-refractivity contribution in [2.45, 2.75) is 20.8 Å². The van der Waals surface area contributed by atoms with Crippen molar-refractivity contribution < 1.29 is 9.21 Å². The van der Waals surface area contributed by atoms with Gasteiger partial charge >= 0.3 is 0 Å². The number of aromatic nitrogens is 1. The number of rotatable bonds is 2. The summed E-state index contributed by atoms with van der Waals surface area (Å²) in [7, 11) is 0. The molecule has 1 N–H and O–H groups in total. The van der Waals surface area contributed by atoms with Crippen molar-refractivity contribution in [1.29, 1.82) is 0 Å². The third-order valence-electron chi connectivity index (χ3n) is 2.57. The molecule has 0 unspecified atom stereocenters. The lowest BCUT2D eigenvalue weighted by Gasteiger charge is -2.09. The van der Waals surface area contributed by atoms with Gasteiger partial charge in [0.15, 0.2) is 11.6 Å². The molecule has 17 heavy (non-hydrogen) atoms. The number of carbonyl (C=O) groups is 1. The van der Waals surface area contributed by atoms with Crippen molar-refractivity contribution in [1.82, 2.24) is 4.98 Å². The molecule has 1 aromatic heterocycles. The number of benzene rings is 1. The molecule has 0 fully saturated rings. The zero-order valence-electron chi connectivity index (χ0n) is 10.1. The second kappa shape index (κ2) is 4.41. The molecule has 0 aliphatic carbocycles. The van der Waals surface area contributed by atoms with Gasteiger partial charge in [-0.1, -0.05) is 18.2 Å². The van der Waals surface area contributed by atoms with Gasteiger partial charge in [-0.15, -0.1) is 0 Å². The van der Waals surface area contributed by atoms with Gasteiger partial charge in [0.25, 0.3) is 5.91 Å². The Kier molecular flexibility index (Phi) is 2.95. The van der Waals surface area contributed by atoms with Gasteiger partial charge in [0, 0.05) is 12.6 Å². The largest absolute Gasteiger partial charge is 0.448 e. The lowest BCUT2D eigenvalue weighted by atomic mass is 10.1. The number of hydrogen-bond donors (Lipinski definition) is 1. The topological polar surface area (TPSA) is 55.1 Å². The normalized spacial score (nSPS) is 10.3. The zero-order chi connectivity index (χ0) is 12.4. The summed E-state index contributed by atoms with van der Waals surface area (Å²) in [5.74, 6) is 0.232. The standard InChI is InChI=1S/C13H14N2O2/c1-8-5-4-6-9(2)12(8)15-13(16)11-7-17-10(3)14-11/h4-7H,1-3H3,(H,15,16). The first-order chi connectivity index (χ1) is 8.08. The van der Waals surface area contributed by atoms with Gasteiger partial charge in [-0.05, 0) is 25.0 Å². The summed E-state index contributed by atoms with van der Waals surface area (Å²) in [5, 5.41) is 2.85. The predicted octanol–water partition coefficient (Wildman–Crippen LogP) is 2.85. The molecule has 0 saturated heterocycles. The van der Waals surface area contributed by atoms with E-state index in [1.807, 2.05) is 32.0 Å². The number of nitrogens with zero attached hydrogens (tertiary/aromatic N) is 1. The highest BCUT2D eigenvalue weighted by molar-refractivity contribution is 6.03. The second-order valence-corrected chi connectivity index (χ2v) is 3.97. The molecule has 0 saturated carbocycles. The first-order valence-corrected chi connectivity index (χ1v) is 5.37. The Hall–Kier alpha value is -2.10. The fourth-order valence-electron chi connectivity index (χ4n) is 1.66. The molecule has 0 aliphatic rings. The predicted molar refractivity (Wildman–Crippen MR) is 65.1 cm³/mol. The van der Waals surface area contributed by atoms with Gasteiger partial charge in [0.2, 0.25) is 0 Å². The molecule has 0 spiro atoms. The van der Waals surface area contributed by atoms with Crippen LogP contribution in [0.3, 0.4) is 0 Å². The maximum atomic E-state index is 11.9. The molecule has 0 bridgehead atoms. The van der Waals surface area contributed by atoms with Crippen molar-refractivity contribution in [3.8, 4) is 0 Å². The van der Waals surface area contributed by atoms with Crippen LogP contribution in [0.1, 0.15) is 27.5 Å². The number of nitrogens with one attached hydrogen (secondary N) is 1. The Balaban J connectivity index is 2.24. The molecule has 1 heterocycles. The van der Waals surface area contributed by atoms with Crippen molar-refractivity contribution >= 4 is 11.6 Å². The van der Waals surface area contributed by atoms with Crippen molar-refractivity contribution in [3.63, 3.8) is 0 Å². The lowest BCUT2D eigenvalue weighted by Crippen LogP contribution is -2.14. The van der Waals surface area contributed by atoms with Crippen LogP contribution in [0.25, 0.3) is 0 Å². The Morgan fingerprint density at radius 1 is 1.24 bits per heavy atom. The molecule has 4 nitrogen and oxygen atoms in total. The number of oxazole rings is 1. The number of hydrogen-bond acceptors (Lipinski definition) is 3. The summed E-state index contributed by atoms with van der Waals surface area (Å²) in [6, 6.07) is 5.87. The van der Waals surface area contributed by atoms with Gasteiger partial charge in [0.05, 0.1) is 0 Å². The fraction of sp³-hybridized carbons (Fsp3) is 0.231. The van der Waals surface area contributed by atoms with E-state index in [0.29, 0.717) is 11.6 Å². The lowest BCUT2D eigenvalue weighted by molar-refractivity contribution is 0.102. The molecule has 1 aromatic carbocycles. The highest BCUT2D eigenvalue weighted by Gasteiger charge is 2.12. The molecule has 0 aliphatic heterocycles. The molecule has 88 valence electrons. The van der Waals surface area contributed by atoms with Crippen LogP contribution in [0.5, 0.6) is 0 Å². The summed E-state index contributed by atoms with van der Waals surface area (Å²) in [4.78, 5) is 15.9. The van der Waals surface area contributed by atoms with Crippen molar-refractivity contribution in [2.24, 2.45) is 0 Å². The quantitative estimate of drug-likeness (QED) is 0.863. The Labute approximate surface area is 99.7 Å². The third kappa shape index (κ3) is 2.36. The number of anilines is 1. The van der Waals surface area contributed by atoms with E-state index in [0.717, 1.165) is 16.8 Å². The zero-order valence-corrected chi connectivity index (χ0v) is 10.1. The minimum Gasteiger partial charge on any atom is -0.448 e. The number of amides is 1. The molecule has 4 heteroatoms. The summed E-state index contributed by atoms with van der Waals surface area (Å²) in [5.41, 5.74) is 3.18. The van der Waals surface area contributed by atoms with Gasteiger partial charge in [-0.3, -0.25) is 4.79 Å². The van der Waals surface area contributed by atoms with Crippen molar-refractivity contribution in [3.05, 3.63) is 47.2 Å². The summed E-state index contributed by atoms with van der Waals surface area (Å²) < 4.78 is 5.01. The highest BCUT2D eigenvalue weighted by atomic mass is 16.3. The number of para-hydroxylation sites is 1. The van der Waals surface area contributed by atoms with E-state index in [-0.39, 0.29) is 5.91 Å². The van der Waals surface area contributed by atoms with E-state index in [2.05, 4.69) is 10.3 Å². The second-order valence-electron chi connectivity index (χ2n) is 3.97. The molecule has 0 radical (unpaired) electrons. The summed E-state index contributed by atoms with van der Waals surface area (Å²) in [6.07, 6.45) is 1.36. The number of aryl methyl sites for hydroxylation is 3. The molecule has 2 aromatic rings. The average Bonchev–Trinajstić information content (AvgIpc) is 2.70. The van der Waals surface area contributed by atoms with E-state index in [4.69, 9.17) is 4.42 Å². The minimum absolute atomic E-state index is 0.251. The van der Waals surface area contributed by atoms with Gasteiger partial charge in [-0.2, -0.15) is 0 Å². The highest BCUT2D eigenvalue weighted by Crippen LogP contribution is 2.20. The van der Waals surface area contributed by atoms with Crippen LogP contribution in [0.2, 0.25) is 0 Å². The van der Waals surface area contributed by atoms with E-state index < -0.39 is 0 Å². The van der Waals surface area contributed by atoms with Crippen LogP contribution in [0.4, 0.5) is 5.69 Å². The molecule has 2 rings (SSSR count). The molecular weight excluding hydrogens is 216 g/mol. The Bertz CT molecular complexity index is 538. The summed E-state index contributed by atoms with van der Waals surface area (Å²) in [6.45, 7) is 5.61. The first kappa shape index (κ1) is 11.4. The van der Waals surface area contributed by atoms with Crippen LogP contribution in [0, 0.1) is 20.8 Å². The number of carbonyl (C=O) groups excluding carboxylic acids is 1. The maximum absolute atomic E-state index is 11.9. The Morgan fingerprint density at radius 3 is 2.41 bits per heavy atom. The van der Waals surface area contributed by atoms with E-state index in [1.54, 1.807) is 6.92 Å². The van der Waals surface area contributed by atoms with Crippen LogP contribution in [0.15, 0.2) is 28.9 Å². The van der Waals surface area contributed by atoms with E-state index >= 15 is 0 Å². The third-order valence-corrected chi connectivity index (χ3v) is 2.57. The monoisotopic (exact) mass is 230 g/mol.